The second kappa shape index (κ2) is 10.9. The average molecular weight is 366 g/mol. The van der Waals surface area contributed by atoms with Gasteiger partial charge in [0.1, 0.15) is 13.2 Å². The van der Waals surface area contributed by atoms with Gasteiger partial charge < -0.3 is 19.7 Å². The van der Waals surface area contributed by atoms with Crippen LogP contribution >= 0.6 is 0 Å². The van der Waals surface area contributed by atoms with Crippen molar-refractivity contribution in [2.24, 2.45) is 11.8 Å². The highest BCUT2D eigenvalue weighted by Crippen LogP contribution is 2.11. The summed E-state index contributed by atoms with van der Waals surface area (Å²) in [5.74, 6) is -0.485. The Bertz CT molecular complexity index is 513. The van der Waals surface area contributed by atoms with Crippen LogP contribution in [0.25, 0.3) is 0 Å². The third-order valence-electron chi connectivity index (χ3n) is 3.66. The Balaban J connectivity index is 2.49. The first kappa shape index (κ1) is 22.1. The molecule has 0 bridgehead atoms. The second-order valence-corrected chi connectivity index (χ2v) is 7.34. The van der Waals surface area contributed by atoms with Crippen molar-refractivity contribution >= 4 is 11.9 Å². The highest BCUT2D eigenvalue weighted by atomic mass is 16.5. The van der Waals surface area contributed by atoms with E-state index >= 15 is 0 Å². The quantitative estimate of drug-likeness (QED) is 0.619. The van der Waals surface area contributed by atoms with Crippen LogP contribution in [0.2, 0.25) is 0 Å². The molecule has 6 nitrogen and oxygen atoms in total. The molecule has 26 heavy (non-hydrogen) atoms. The molecule has 0 saturated heterocycles. The summed E-state index contributed by atoms with van der Waals surface area (Å²) in [5.41, 5.74) is 0.580. The molecule has 1 aromatic carbocycles. The minimum Gasteiger partial charge on any atom is -0.459 e. The van der Waals surface area contributed by atoms with Gasteiger partial charge in [0.05, 0.1) is 23.3 Å². The minimum absolute atomic E-state index is 0.0610. The number of aliphatic hydroxyl groups is 2. The molecule has 2 unspecified atom stereocenters. The lowest BCUT2D eigenvalue weighted by Crippen LogP contribution is -2.21. The summed E-state index contributed by atoms with van der Waals surface area (Å²) in [7, 11) is 0. The van der Waals surface area contributed by atoms with Crippen molar-refractivity contribution in [3.8, 4) is 0 Å². The Morgan fingerprint density at radius 1 is 0.769 bits per heavy atom. The molecule has 0 spiro atoms. The van der Waals surface area contributed by atoms with Crippen molar-refractivity contribution in [3.63, 3.8) is 0 Å². The number of carbonyl (C=O) groups excluding carboxylic acids is 2. The molecule has 0 radical (unpaired) electrons. The molecule has 0 aliphatic carbocycles. The molecule has 0 aliphatic rings. The molecular formula is C20H30O6. The van der Waals surface area contributed by atoms with Gasteiger partial charge >= 0.3 is 11.9 Å². The zero-order valence-electron chi connectivity index (χ0n) is 16.0. The Morgan fingerprint density at radius 2 is 1.08 bits per heavy atom. The predicted octanol–water partition coefficient (Wildman–Crippen LogP) is 2.81. The number of aliphatic hydroxyl groups excluding tert-OH is 2. The Hall–Kier alpha value is -1.92. The number of hydrogen-bond acceptors (Lipinski definition) is 6. The molecule has 146 valence electrons. The van der Waals surface area contributed by atoms with Crippen molar-refractivity contribution in [1.29, 1.82) is 0 Å². The number of hydrogen-bond donors (Lipinski definition) is 2. The van der Waals surface area contributed by atoms with E-state index in [2.05, 4.69) is 0 Å². The maximum atomic E-state index is 12.0. The number of benzene rings is 1. The summed E-state index contributed by atoms with van der Waals surface area (Å²) in [6, 6.07) is 5.88. The lowest BCUT2D eigenvalue weighted by atomic mass is 10.1. The van der Waals surface area contributed by atoms with Crippen LogP contribution in [0.5, 0.6) is 0 Å². The van der Waals surface area contributed by atoms with Gasteiger partial charge in [0, 0.05) is 0 Å². The molecule has 0 fully saturated rings. The van der Waals surface area contributed by atoms with Crippen molar-refractivity contribution in [1.82, 2.24) is 0 Å². The molecule has 1 aromatic rings. The molecule has 2 N–H and O–H groups in total. The Morgan fingerprint density at radius 3 is 1.35 bits per heavy atom. The maximum Gasteiger partial charge on any atom is 0.338 e. The van der Waals surface area contributed by atoms with E-state index in [1.165, 1.54) is 24.3 Å². The fourth-order valence-electron chi connectivity index (χ4n) is 2.48. The highest BCUT2D eigenvalue weighted by molar-refractivity contribution is 5.93. The van der Waals surface area contributed by atoms with E-state index < -0.39 is 24.1 Å². The van der Waals surface area contributed by atoms with Crippen LogP contribution in [-0.2, 0) is 9.47 Å². The lowest BCUT2D eigenvalue weighted by molar-refractivity contribution is 0.0202. The Kier molecular flexibility index (Phi) is 9.30. The first-order valence-corrected chi connectivity index (χ1v) is 8.99. The number of esters is 2. The van der Waals surface area contributed by atoms with E-state index in [9.17, 15) is 19.8 Å². The average Bonchev–Trinajstić information content (AvgIpc) is 2.56. The fraction of sp³-hybridized carbons (Fsp3) is 0.600. The summed E-state index contributed by atoms with van der Waals surface area (Å²) in [6.07, 6.45) is -0.266. The van der Waals surface area contributed by atoms with Crippen LogP contribution in [0.15, 0.2) is 24.3 Å². The summed E-state index contributed by atoms with van der Waals surface area (Å²) < 4.78 is 10.1. The van der Waals surface area contributed by atoms with Crippen molar-refractivity contribution in [2.75, 3.05) is 13.2 Å². The molecule has 0 amide bonds. The van der Waals surface area contributed by atoms with Crippen molar-refractivity contribution in [3.05, 3.63) is 35.4 Å². The molecule has 0 aliphatic heterocycles. The van der Waals surface area contributed by atoms with Crippen LogP contribution in [0.1, 0.15) is 61.3 Å². The third kappa shape index (κ3) is 8.45. The van der Waals surface area contributed by atoms with Gasteiger partial charge in [-0.2, -0.15) is 0 Å². The highest BCUT2D eigenvalue weighted by Gasteiger charge is 2.15. The normalized spacial score (nSPS) is 13.5. The first-order chi connectivity index (χ1) is 12.2. The largest absolute Gasteiger partial charge is 0.459 e. The summed E-state index contributed by atoms with van der Waals surface area (Å²) in [6.45, 7) is 7.79. The van der Waals surface area contributed by atoms with Gasteiger partial charge in [0.2, 0.25) is 0 Å². The molecule has 0 heterocycles. The van der Waals surface area contributed by atoms with E-state index in [-0.39, 0.29) is 24.3 Å². The molecule has 6 heteroatoms. The van der Waals surface area contributed by atoms with Gasteiger partial charge in [-0.15, -0.1) is 0 Å². The first-order valence-electron chi connectivity index (χ1n) is 8.99. The fourth-order valence-corrected chi connectivity index (χ4v) is 2.48. The molecule has 2 atom stereocenters. The molecule has 0 aromatic heterocycles. The van der Waals surface area contributed by atoms with E-state index in [1.54, 1.807) is 0 Å². The molecule has 0 saturated carbocycles. The van der Waals surface area contributed by atoms with Gasteiger partial charge in [0.15, 0.2) is 0 Å². The van der Waals surface area contributed by atoms with Crippen LogP contribution in [-0.4, -0.2) is 47.6 Å². The van der Waals surface area contributed by atoms with Crippen molar-refractivity contribution < 1.29 is 29.3 Å². The van der Waals surface area contributed by atoms with E-state index in [0.29, 0.717) is 24.7 Å². The van der Waals surface area contributed by atoms with Gasteiger partial charge in [-0.25, -0.2) is 9.59 Å². The van der Waals surface area contributed by atoms with Crippen molar-refractivity contribution in [2.45, 2.75) is 52.7 Å². The topological polar surface area (TPSA) is 93.1 Å². The van der Waals surface area contributed by atoms with E-state index in [0.717, 1.165) is 0 Å². The number of rotatable bonds is 10. The number of carbonyl (C=O) groups is 2. The second-order valence-electron chi connectivity index (χ2n) is 7.34. The SMILES string of the molecule is CC(C)CC(O)COC(=O)c1ccc(C(=O)OCC(O)CC(C)C)cc1. The van der Waals surface area contributed by atoms with Crippen LogP contribution in [0.4, 0.5) is 0 Å². The van der Waals surface area contributed by atoms with Gasteiger partial charge in [-0.3, -0.25) is 0 Å². The summed E-state index contributed by atoms with van der Waals surface area (Å²) in [4.78, 5) is 23.9. The predicted molar refractivity (Wildman–Crippen MR) is 97.9 cm³/mol. The van der Waals surface area contributed by atoms with E-state index in [1.807, 2.05) is 27.7 Å². The third-order valence-corrected chi connectivity index (χ3v) is 3.66. The van der Waals surface area contributed by atoms with Gasteiger partial charge in [-0.1, -0.05) is 27.7 Å². The van der Waals surface area contributed by atoms with Gasteiger partial charge in [-0.05, 0) is 48.9 Å². The monoisotopic (exact) mass is 366 g/mol. The number of ether oxygens (including phenoxy) is 2. The van der Waals surface area contributed by atoms with Crippen LogP contribution < -0.4 is 0 Å². The smallest absolute Gasteiger partial charge is 0.338 e. The lowest BCUT2D eigenvalue weighted by Gasteiger charge is -2.14. The maximum absolute atomic E-state index is 12.0. The van der Waals surface area contributed by atoms with Crippen LogP contribution in [0, 0.1) is 11.8 Å². The Labute approximate surface area is 155 Å². The summed E-state index contributed by atoms with van der Waals surface area (Å²) >= 11 is 0. The summed E-state index contributed by atoms with van der Waals surface area (Å²) in [5, 5.41) is 19.5. The van der Waals surface area contributed by atoms with E-state index in [4.69, 9.17) is 9.47 Å². The van der Waals surface area contributed by atoms with Crippen LogP contribution in [0.3, 0.4) is 0 Å². The standard InChI is InChI=1S/C20H30O6/c1-13(2)9-17(21)11-25-19(23)15-5-7-16(8-6-15)20(24)26-12-18(22)10-14(3)4/h5-8,13-14,17-18,21-22H,9-12H2,1-4H3. The zero-order chi connectivity index (χ0) is 19.7. The minimum atomic E-state index is -0.689. The zero-order valence-corrected chi connectivity index (χ0v) is 16.0. The molecular weight excluding hydrogens is 336 g/mol. The van der Waals surface area contributed by atoms with Gasteiger partial charge in [0.25, 0.3) is 0 Å². The molecule has 1 rings (SSSR count).